The van der Waals surface area contributed by atoms with Gasteiger partial charge in [0.25, 0.3) is 0 Å². The maximum absolute atomic E-state index is 6.31. The van der Waals surface area contributed by atoms with Crippen LogP contribution in [0.1, 0.15) is 12.0 Å². The van der Waals surface area contributed by atoms with Gasteiger partial charge in [-0.25, -0.2) is 0 Å². The van der Waals surface area contributed by atoms with Crippen LogP contribution in [0.25, 0.3) is 11.0 Å². The Kier molecular flexibility index (Phi) is 4.57. The zero-order chi connectivity index (χ0) is 14.2. The summed E-state index contributed by atoms with van der Waals surface area (Å²) in [6.07, 6.45) is 2.18. The summed E-state index contributed by atoms with van der Waals surface area (Å²) in [5.74, 6) is 0.911. The van der Waals surface area contributed by atoms with Crippen LogP contribution in [0.5, 0.6) is 0 Å². The third-order valence-corrected chi connectivity index (χ3v) is 4.93. The van der Waals surface area contributed by atoms with E-state index >= 15 is 0 Å². The van der Waals surface area contributed by atoms with E-state index in [1.165, 1.54) is 10.5 Å². The molecule has 3 aromatic rings. The number of rotatable bonds is 2. The molecule has 0 saturated heterocycles. The highest BCUT2D eigenvalue weighted by Crippen LogP contribution is 2.42. The quantitative estimate of drug-likeness (QED) is 0.611. The summed E-state index contributed by atoms with van der Waals surface area (Å²) in [6.45, 7) is 0.974. The first-order valence-electron chi connectivity index (χ1n) is 7.03. The van der Waals surface area contributed by atoms with E-state index in [2.05, 4.69) is 17.4 Å². The van der Waals surface area contributed by atoms with Gasteiger partial charge in [-0.3, -0.25) is 0 Å². The molecule has 22 heavy (non-hydrogen) atoms. The number of hydrogen-bond donors (Lipinski definition) is 1. The Hall–Kier alpha value is -1.29. The molecule has 1 aromatic heterocycles. The number of fused-ring (bicyclic) bond motifs is 3. The van der Waals surface area contributed by atoms with Crippen LogP contribution in [-0.4, -0.2) is 6.54 Å². The van der Waals surface area contributed by atoms with E-state index in [1.54, 1.807) is 11.8 Å². The van der Waals surface area contributed by atoms with Crippen molar-refractivity contribution in [2.75, 3.05) is 11.9 Å². The second-order valence-corrected chi connectivity index (χ2v) is 6.69. The zero-order valence-electron chi connectivity index (χ0n) is 11.8. The summed E-state index contributed by atoms with van der Waals surface area (Å²) in [5.41, 5.74) is 2.20. The smallest absolute Gasteiger partial charge is 0.197 e. The fourth-order valence-corrected chi connectivity index (χ4v) is 3.99. The van der Waals surface area contributed by atoms with Crippen molar-refractivity contribution in [2.24, 2.45) is 0 Å². The number of anilines is 1. The monoisotopic (exact) mass is 351 g/mol. The highest BCUT2D eigenvalue weighted by molar-refractivity contribution is 7.99. The van der Waals surface area contributed by atoms with Gasteiger partial charge in [0.05, 0.1) is 4.90 Å². The number of halogens is 2. The van der Waals surface area contributed by atoms with Crippen molar-refractivity contribution >= 4 is 52.6 Å². The lowest BCUT2D eigenvalue weighted by molar-refractivity contribution is 0.602. The lowest BCUT2D eigenvalue weighted by Gasteiger charge is -2.11. The Morgan fingerprint density at radius 2 is 1.95 bits per heavy atom. The number of benzene rings is 2. The number of nitrogens with one attached hydrogen (secondary N) is 1. The molecule has 0 saturated carbocycles. The predicted octanol–water partition coefficient (Wildman–Crippen LogP) is 6.02. The van der Waals surface area contributed by atoms with Gasteiger partial charge in [0.1, 0.15) is 0 Å². The van der Waals surface area contributed by atoms with Gasteiger partial charge in [0, 0.05) is 27.4 Å². The fraction of sp³-hybridized carbons (Fsp3) is 0.176. The molecular formula is C17H15Cl2NOS. The molecule has 0 unspecified atom stereocenters. The third kappa shape index (κ3) is 2.81. The number of furan rings is 1. The van der Waals surface area contributed by atoms with E-state index < -0.39 is 0 Å². The summed E-state index contributed by atoms with van der Waals surface area (Å²) in [7, 11) is 0. The van der Waals surface area contributed by atoms with Crippen LogP contribution in [0.4, 0.5) is 5.88 Å². The molecule has 0 bridgehead atoms. The molecule has 2 heterocycles. The normalized spacial score (nSPS) is 13.3. The van der Waals surface area contributed by atoms with Crippen LogP contribution in [0.15, 0.2) is 56.7 Å². The Morgan fingerprint density at radius 3 is 2.77 bits per heavy atom. The van der Waals surface area contributed by atoms with Crippen molar-refractivity contribution < 1.29 is 4.42 Å². The molecule has 5 heteroatoms. The van der Waals surface area contributed by atoms with Crippen LogP contribution >= 0.6 is 35.8 Å². The topological polar surface area (TPSA) is 25.2 Å². The Morgan fingerprint density at radius 1 is 1.14 bits per heavy atom. The molecule has 0 radical (unpaired) electrons. The molecule has 2 nitrogen and oxygen atoms in total. The number of hydrogen-bond acceptors (Lipinski definition) is 3. The van der Waals surface area contributed by atoms with Crippen molar-refractivity contribution in [1.29, 1.82) is 0 Å². The molecule has 0 amide bonds. The van der Waals surface area contributed by atoms with Gasteiger partial charge in [-0.05, 0) is 37.1 Å². The largest absolute Gasteiger partial charge is 0.439 e. The standard InChI is InChI=1S/C17H14ClNOS.ClH/c18-11-9-14-13-7-4-8-19-17(13)20-16(14)15(10-11)21-12-5-2-1-3-6-12;/h1-3,5-6,9-10,19H,4,7-8H2;1H. The minimum atomic E-state index is 0. The van der Waals surface area contributed by atoms with Crippen molar-refractivity contribution in [2.45, 2.75) is 22.6 Å². The van der Waals surface area contributed by atoms with Gasteiger partial charge in [-0.1, -0.05) is 41.6 Å². The molecule has 4 rings (SSSR count). The van der Waals surface area contributed by atoms with Crippen LogP contribution in [0.2, 0.25) is 5.02 Å². The van der Waals surface area contributed by atoms with E-state index in [9.17, 15) is 0 Å². The first-order chi connectivity index (χ1) is 10.3. The second-order valence-electron chi connectivity index (χ2n) is 5.14. The molecule has 1 aliphatic heterocycles. The second kappa shape index (κ2) is 6.45. The fourth-order valence-electron chi connectivity index (χ4n) is 2.73. The molecule has 114 valence electrons. The average Bonchev–Trinajstić information content (AvgIpc) is 2.87. The van der Waals surface area contributed by atoms with E-state index in [1.807, 2.05) is 30.3 Å². The number of aryl methyl sites for hydroxylation is 1. The van der Waals surface area contributed by atoms with Crippen LogP contribution in [0, 0.1) is 0 Å². The van der Waals surface area contributed by atoms with Gasteiger partial charge in [0.15, 0.2) is 11.5 Å². The van der Waals surface area contributed by atoms with Crippen molar-refractivity contribution in [3.05, 3.63) is 53.1 Å². The molecule has 1 N–H and O–H groups in total. The van der Waals surface area contributed by atoms with E-state index in [4.69, 9.17) is 16.0 Å². The minimum Gasteiger partial charge on any atom is -0.439 e. The molecule has 0 atom stereocenters. The summed E-state index contributed by atoms with van der Waals surface area (Å²) in [5, 5.41) is 5.24. The van der Waals surface area contributed by atoms with Crippen LogP contribution in [0.3, 0.4) is 0 Å². The highest BCUT2D eigenvalue weighted by Gasteiger charge is 2.20. The third-order valence-electron chi connectivity index (χ3n) is 3.68. The van der Waals surface area contributed by atoms with Crippen LogP contribution < -0.4 is 5.32 Å². The van der Waals surface area contributed by atoms with E-state index in [-0.39, 0.29) is 12.4 Å². The first-order valence-corrected chi connectivity index (χ1v) is 8.22. The van der Waals surface area contributed by atoms with Gasteiger partial charge in [-0.2, -0.15) is 0 Å². The van der Waals surface area contributed by atoms with Gasteiger partial charge in [-0.15, -0.1) is 12.4 Å². The van der Waals surface area contributed by atoms with E-state index in [0.29, 0.717) is 0 Å². The molecule has 1 aliphatic rings. The van der Waals surface area contributed by atoms with Crippen molar-refractivity contribution in [3.8, 4) is 0 Å². The molecule has 0 spiro atoms. The summed E-state index contributed by atoms with van der Waals surface area (Å²) in [6, 6.07) is 14.3. The lowest BCUT2D eigenvalue weighted by atomic mass is 10.1. The van der Waals surface area contributed by atoms with Gasteiger partial charge in [0.2, 0.25) is 0 Å². The Balaban J connectivity index is 0.00000144. The Labute approximate surface area is 144 Å². The van der Waals surface area contributed by atoms with Gasteiger partial charge < -0.3 is 9.73 Å². The lowest BCUT2D eigenvalue weighted by Crippen LogP contribution is -2.09. The zero-order valence-corrected chi connectivity index (χ0v) is 14.2. The maximum Gasteiger partial charge on any atom is 0.197 e. The average molecular weight is 352 g/mol. The Bertz CT molecular complexity index is 801. The molecule has 2 aromatic carbocycles. The first kappa shape index (κ1) is 15.6. The summed E-state index contributed by atoms with van der Waals surface area (Å²) < 4.78 is 6.06. The van der Waals surface area contributed by atoms with Crippen molar-refractivity contribution in [3.63, 3.8) is 0 Å². The highest BCUT2D eigenvalue weighted by atomic mass is 35.5. The van der Waals surface area contributed by atoms with Crippen molar-refractivity contribution in [1.82, 2.24) is 0 Å². The predicted molar refractivity (Wildman–Crippen MR) is 95.8 cm³/mol. The maximum atomic E-state index is 6.31. The molecule has 0 fully saturated rings. The summed E-state index contributed by atoms with van der Waals surface area (Å²) >= 11 is 8.00. The van der Waals surface area contributed by atoms with Gasteiger partial charge >= 0.3 is 0 Å². The molecular weight excluding hydrogens is 337 g/mol. The molecule has 0 aliphatic carbocycles. The minimum absolute atomic E-state index is 0. The summed E-state index contributed by atoms with van der Waals surface area (Å²) in [4.78, 5) is 2.25. The van der Waals surface area contributed by atoms with Crippen LogP contribution in [-0.2, 0) is 6.42 Å². The SMILES string of the molecule is Cl.Clc1cc(Sc2ccccc2)c2oc3c(c2c1)CCCN3. The van der Waals surface area contributed by atoms with E-state index in [0.717, 1.165) is 46.2 Å².